The zero-order chi connectivity index (χ0) is 16.8. The minimum atomic E-state index is -0.487. The molecule has 0 radical (unpaired) electrons. The van der Waals surface area contributed by atoms with Gasteiger partial charge in [-0.05, 0) is 30.3 Å². The summed E-state index contributed by atoms with van der Waals surface area (Å²) in [5.41, 5.74) is 3.88. The van der Waals surface area contributed by atoms with Gasteiger partial charge in [-0.15, -0.1) is 0 Å². The van der Waals surface area contributed by atoms with Crippen LogP contribution in [0.4, 0.5) is 10.2 Å². The Hall–Kier alpha value is -3.22. The monoisotopic (exact) mass is 334 g/mol. The van der Waals surface area contributed by atoms with Gasteiger partial charge in [0.25, 0.3) is 0 Å². The van der Waals surface area contributed by atoms with Gasteiger partial charge < -0.3 is 9.88 Å². The van der Waals surface area contributed by atoms with Gasteiger partial charge in [0.2, 0.25) is 5.95 Å². The number of anilines is 1. The van der Waals surface area contributed by atoms with E-state index < -0.39 is 5.95 Å². The maximum absolute atomic E-state index is 13.7. The fourth-order valence-electron chi connectivity index (χ4n) is 3.47. The lowest BCUT2D eigenvalue weighted by Gasteiger charge is -2.34. The van der Waals surface area contributed by atoms with E-state index in [0.717, 1.165) is 29.0 Å². The predicted octanol–water partition coefficient (Wildman–Crippen LogP) is 2.74. The first-order valence-electron chi connectivity index (χ1n) is 8.15. The number of halogens is 1. The van der Waals surface area contributed by atoms with Crippen molar-refractivity contribution in [1.29, 1.82) is 0 Å². The van der Waals surface area contributed by atoms with Gasteiger partial charge in [-0.3, -0.25) is 0 Å². The number of aromatic nitrogens is 5. The van der Waals surface area contributed by atoms with Crippen LogP contribution in [0.2, 0.25) is 0 Å². The third kappa shape index (κ3) is 2.27. The number of imidazole rings is 1. The van der Waals surface area contributed by atoms with Crippen LogP contribution in [0.25, 0.3) is 5.52 Å². The lowest BCUT2D eigenvalue weighted by molar-refractivity contribution is 0.565. The van der Waals surface area contributed by atoms with Gasteiger partial charge >= 0.3 is 0 Å². The van der Waals surface area contributed by atoms with Crippen molar-refractivity contribution in [2.75, 3.05) is 11.4 Å². The normalized spacial score (nSPS) is 17.0. The number of nitrogens with zero attached hydrogens (tertiary/aromatic N) is 5. The Morgan fingerprint density at radius 2 is 2.12 bits per heavy atom. The van der Waals surface area contributed by atoms with E-state index in [0.29, 0.717) is 12.4 Å². The first-order chi connectivity index (χ1) is 12.3. The molecule has 124 valence electrons. The Labute approximate surface area is 143 Å². The van der Waals surface area contributed by atoms with Crippen molar-refractivity contribution in [1.82, 2.24) is 24.6 Å². The first kappa shape index (κ1) is 14.2. The van der Waals surface area contributed by atoms with E-state index in [1.807, 2.05) is 41.0 Å². The Bertz CT molecular complexity index is 1020. The van der Waals surface area contributed by atoms with Crippen LogP contribution in [-0.2, 0) is 6.42 Å². The molecular weight excluding hydrogens is 319 g/mol. The smallest absolute Gasteiger partial charge is 0.214 e. The molecular formula is C18H15FN6. The van der Waals surface area contributed by atoms with Crippen molar-refractivity contribution < 1.29 is 4.39 Å². The van der Waals surface area contributed by atoms with E-state index >= 15 is 0 Å². The molecule has 5 heterocycles. The fourth-order valence-corrected chi connectivity index (χ4v) is 3.47. The summed E-state index contributed by atoms with van der Waals surface area (Å²) in [5, 5.41) is 4.71. The highest BCUT2D eigenvalue weighted by Crippen LogP contribution is 2.35. The summed E-state index contributed by atoms with van der Waals surface area (Å²) in [5.74, 6) is 0.106. The topological polar surface area (TPSA) is 62.1 Å². The zero-order valence-electron chi connectivity index (χ0n) is 13.3. The lowest BCUT2D eigenvalue weighted by atomic mass is 9.99. The van der Waals surface area contributed by atoms with Crippen LogP contribution in [-0.4, -0.2) is 31.1 Å². The quantitative estimate of drug-likeness (QED) is 0.573. The molecule has 0 aliphatic carbocycles. The number of fused-ring (bicyclic) bond motifs is 2. The Morgan fingerprint density at radius 1 is 1.16 bits per heavy atom. The van der Waals surface area contributed by atoms with Crippen molar-refractivity contribution in [3.05, 3.63) is 78.0 Å². The average molecular weight is 334 g/mol. The number of nitrogens with one attached hydrogen (secondary N) is 1. The van der Waals surface area contributed by atoms with Crippen LogP contribution in [0, 0.1) is 5.95 Å². The molecule has 4 aromatic rings. The standard InChI is InChI=1S/C18H15FN6/c19-15-5-3-6-16(22-15)24-9-7-13-17(21-11-20-13)18(24)14-10-12-4-1-2-8-25(12)23-14/h1-6,8,10-11,18H,7,9H2,(H,20,21). The van der Waals surface area contributed by atoms with Crippen LogP contribution < -0.4 is 4.90 Å². The minimum absolute atomic E-state index is 0.204. The van der Waals surface area contributed by atoms with Crippen molar-refractivity contribution >= 4 is 11.3 Å². The molecule has 0 fully saturated rings. The Balaban J connectivity index is 1.68. The molecule has 1 aliphatic heterocycles. The molecule has 7 heteroatoms. The average Bonchev–Trinajstić information content (AvgIpc) is 3.27. The Kier molecular flexibility index (Phi) is 3.06. The van der Waals surface area contributed by atoms with Crippen molar-refractivity contribution in [2.24, 2.45) is 0 Å². The molecule has 5 rings (SSSR count). The molecule has 6 nitrogen and oxygen atoms in total. The summed E-state index contributed by atoms with van der Waals surface area (Å²) in [4.78, 5) is 13.9. The first-order valence-corrected chi connectivity index (χ1v) is 8.15. The summed E-state index contributed by atoms with van der Waals surface area (Å²) >= 11 is 0. The van der Waals surface area contributed by atoms with Crippen molar-refractivity contribution in [3.63, 3.8) is 0 Å². The van der Waals surface area contributed by atoms with Crippen LogP contribution in [0.3, 0.4) is 0 Å². The summed E-state index contributed by atoms with van der Waals surface area (Å²) < 4.78 is 15.5. The summed E-state index contributed by atoms with van der Waals surface area (Å²) in [6.45, 7) is 0.712. The molecule has 0 amide bonds. The second-order valence-corrected chi connectivity index (χ2v) is 6.07. The molecule has 0 saturated carbocycles. The van der Waals surface area contributed by atoms with Gasteiger partial charge in [0.15, 0.2) is 0 Å². The summed E-state index contributed by atoms with van der Waals surface area (Å²) in [6, 6.07) is 12.6. The minimum Gasteiger partial charge on any atom is -0.348 e. The van der Waals surface area contributed by atoms with Crippen LogP contribution in [0.15, 0.2) is 55.0 Å². The maximum atomic E-state index is 13.7. The largest absolute Gasteiger partial charge is 0.348 e. The van der Waals surface area contributed by atoms with E-state index in [9.17, 15) is 4.39 Å². The van der Waals surface area contributed by atoms with Crippen molar-refractivity contribution in [2.45, 2.75) is 12.5 Å². The second-order valence-electron chi connectivity index (χ2n) is 6.07. The second kappa shape index (κ2) is 5.41. The number of rotatable bonds is 2. The molecule has 1 atom stereocenters. The predicted molar refractivity (Wildman–Crippen MR) is 90.9 cm³/mol. The Morgan fingerprint density at radius 3 is 3.00 bits per heavy atom. The van der Waals surface area contributed by atoms with Gasteiger partial charge in [-0.2, -0.15) is 9.49 Å². The number of hydrogen-bond acceptors (Lipinski definition) is 4. The highest BCUT2D eigenvalue weighted by Gasteiger charge is 2.33. The van der Waals surface area contributed by atoms with E-state index in [1.54, 1.807) is 12.4 Å². The lowest BCUT2D eigenvalue weighted by Crippen LogP contribution is -2.37. The fraction of sp³-hybridized carbons (Fsp3) is 0.167. The molecule has 0 aromatic carbocycles. The highest BCUT2D eigenvalue weighted by atomic mass is 19.1. The van der Waals surface area contributed by atoms with E-state index in [4.69, 9.17) is 5.10 Å². The molecule has 0 saturated heterocycles. The van der Waals surface area contributed by atoms with E-state index in [1.165, 1.54) is 6.07 Å². The number of pyridine rings is 2. The molecule has 1 unspecified atom stereocenters. The molecule has 1 N–H and O–H groups in total. The van der Waals surface area contributed by atoms with Crippen LogP contribution in [0.1, 0.15) is 23.1 Å². The zero-order valence-corrected chi connectivity index (χ0v) is 13.3. The summed E-state index contributed by atoms with van der Waals surface area (Å²) in [7, 11) is 0. The SMILES string of the molecule is Fc1cccc(N2CCc3[nH]cnc3C2c2cc3ccccn3n2)n1. The summed E-state index contributed by atoms with van der Waals surface area (Å²) in [6.07, 6.45) is 4.42. The van der Waals surface area contributed by atoms with Crippen LogP contribution >= 0.6 is 0 Å². The highest BCUT2D eigenvalue weighted by molar-refractivity contribution is 5.53. The molecule has 4 aromatic heterocycles. The van der Waals surface area contributed by atoms with Crippen molar-refractivity contribution in [3.8, 4) is 0 Å². The van der Waals surface area contributed by atoms with Gasteiger partial charge in [0, 0.05) is 24.9 Å². The maximum Gasteiger partial charge on any atom is 0.214 e. The van der Waals surface area contributed by atoms with E-state index in [2.05, 4.69) is 19.9 Å². The van der Waals surface area contributed by atoms with Crippen LogP contribution in [0.5, 0.6) is 0 Å². The van der Waals surface area contributed by atoms with Gasteiger partial charge in [0.1, 0.15) is 11.9 Å². The number of hydrogen-bond donors (Lipinski definition) is 1. The third-order valence-electron chi connectivity index (χ3n) is 4.59. The van der Waals surface area contributed by atoms with Gasteiger partial charge in [-0.1, -0.05) is 12.1 Å². The van der Waals surface area contributed by atoms with E-state index in [-0.39, 0.29) is 6.04 Å². The molecule has 1 aliphatic rings. The molecule has 0 bridgehead atoms. The van der Waals surface area contributed by atoms with Gasteiger partial charge in [0.05, 0.1) is 23.2 Å². The molecule has 25 heavy (non-hydrogen) atoms. The number of aromatic amines is 1. The third-order valence-corrected chi connectivity index (χ3v) is 4.59. The van der Waals surface area contributed by atoms with Gasteiger partial charge in [-0.25, -0.2) is 14.5 Å². The molecule has 0 spiro atoms. The number of H-pyrrole nitrogens is 1.